The highest BCUT2D eigenvalue weighted by Crippen LogP contribution is 2.26. The van der Waals surface area contributed by atoms with Gasteiger partial charge < -0.3 is 10.2 Å². The number of nitrogens with one attached hydrogen (secondary N) is 1. The quantitative estimate of drug-likeness (QED) is 0.835. The lowest BCUT2D eigenvalue weighted by atomic mass is 10.1. The number of imide groups is 1. The molecule has 0 bridgehead atoms. The number of benzene rings is 1. The average molecular weight is 382 g/mol. The maximum atomic E-state index is 12.3. The Morgan fingerprint density at radius 2 is 1.92 bits per heavy atom. The number of hydrogen-bond acceptors (Lipinski definition) is 5. The van der Waals surface area contributed by atoms with E-state index in [9.17, 15) is 19.2 Å². The topological polar surface area (TPSA) is 86.8 Å². The molecular weight excluding hydrogens is 366 g/mol. The van der Waals surface area contributed by atoms with Crippen LogP contribution in [-0.2, 0) is 14.4 Å². The zero-order valence-electron chi connectivity index (χ0n) is 13.2. The number of hydrogen-bond donors (Lipinski definition) is 1. The Bertz CT molecular complexity index is 709. The molecule has 3 rings (SSSR count). The molecule has 0 radical (unpaired) electrons. The Labute approximate surface area is 153 Å². The summed E-state index contributed by atoms with van der Waals surface area (Å²) in [4.78, 5) is 50.1. The zero-order valence-corrected chi connectivity index (χ0v) is 14.8. The maximum absolute atomic E-state index is 12.3. The summed E-state index contributed by atoms with van der Waals surface area (Å²) in [5, 5.41) is 2.99. The first-order valence-electron chi connectivity index (χ1n) is 7.76. The Kier molecular flexibility index (Phi) is 5.29. The van der Waals surface area contributed by atoms with Crippen LogP contribution in [0.2, 0.25) is 5.02 Å². The molecule has 132 valence electrons. The van der Waals surface area contributed by atoms with Crippen LogP contribution in [0.3, 0.4) is 0 Å². The lowest BCUT2D eigenvalue weighted by Crippen LogP contribution is -2.40. The third kappa shape index (κ3) is 3.96. The minimum absolute atomic E-state index is 0.122. The second kappa shape index (κ2) is 7.45. The SMILES string of the molecule is O=C(NCCN1C(=O)CSC1=O)C1CC(=O)N(c2ccc(Cl)cc2)C1. The molecule has 2 saturated heterocycles. The van der Waals surface area contributed by atoms with E-state index in [0.29, 0.717) is 17.3 Å². The van der Waals surface area contributed by atoms with Gasteiger partial charge in [-0.25, -0.2) is 0 Å². The van der Waals surface area contributed by atoms with Gasteiger partial charge in [-0.3, -0.25) is 24.1 Å². The number of halogens is 1. The van der Waals surface area contributed by atoms with Gasteiger partial charge in [0, 0.05) is 36.8 Å². The maximum Gasteiger partial charge on any atom is 0.288 e. The van der Waals surface area contributed by atoms with Crippen molar-refractivity contribution in [1.82, 2.24) is 10.2 Å². The molecule has 0 aliphatic carbocycles. The monoisotopic (exact) mass is 381 g/mol. The number of rotatable bonds is 5. The number of amides is 4. The van der Waals surface area contributed by atoms with E-state index in [1.54, 1.807) is 29.2 Å². The first kappa shape index (κ1) is 17.8. The zero-order chi connectivity index (χ0) is 18.0. The second-order valence-electron chi connectivity index (χ2n) is 5.77. The minimum atomic E-state index is -0.456. The fourth-order valence-electron chi connectivity index (χ4n) is 2.79. The van der Waals surface area contributed by atoms with Gasteiger partial charge in [-0.1, -0.05) is 23.4 Å². The summed E-state index contributed by atoms with van der Waals surface area (Å²) >= 11 is 6.81. The van der Waals surface area contributed by atoms with Crippen LogP contribution in [0.4, 0.5) is 10.5 Å². The van der Waals surface area contributed by atoms with Gasteiger partial charge in [0.15, 0.2) is 0 Å². The van der Waals surface area contributed by atoms with E-state index in [2.05, 4.69) is 5.32 Å². The molecular formula is C16H16ClN3O4S. The van der Waals surface area contributed by atoms with Crippen molar-refractivity contribution >= 4 is 52.0 Å². The largest absolute Gasteiger partial charge is 0.354 e. The van der Waals surface area contributed by atoms with E-state index in [-0.39, 0.29) is 48.2 Å². The summed E-state index contributed by atoms with van der Waals surface area (Å²) in [7, 11) is 0. The normalized spacial score (nSPS) is 20.5. The van der Waals surface area contributed by atoms with Crippen molar-refractivity contribution < 1.29 is 19.2 Å². The molecule has 1 N–H and O–H groups in total. The molecule has 9 heteroatoms. The lowest BCUT2D eigenvalue weighted by Gasteiger charge is -2.17. The van der Waals surface area contributed by atoms with Crippen molar-refractivity contribution in [3.05, 3.63) is 29.3 Å². The molecule has 2 aliphatic heterocycles. The van der Waals surface area contributed by atoms with E-state index in [0.717, 1.165) is 16.7 Å². The third-order valence-corrected chi connectivity index (χ3v) is 5.22. The summed E-state index contributed by atoms with van der Waals surface area (Å²) in [5.74, 6) is -0.919. The molecule has 1 unspecified atom stereocenters. The van der Waals surface area contributed by atoms with Crippen LogP contribution in [0.25, 0.3) is 0 Å². The van der Waals surface area contributed by atoms with Crippen LogP contribution in [0.1, 0.15) is 6.42 Å². The number of carbonyl (C=O) groups is 4. The van der Waals surface area contributed by atoms with Crippen LogP contribution < -0.4 is 10.2 Å². The average Bonchev–Trinajstić information content (AvgIpc) is 3.12. The number of thioether (sulfide) groups is 1. The molecule has 2 aliphatic rings. The molecule has 0 saturated carbocycles. The van der Waals surface area contributed by atoms with Crippen LogP contribution in [-0.4, -0.2) is 53.2 Å². The van der Waals surface area contributed by atoms with Crippen molar-refractivity contribution in [2.24, 2.45) is 5.92 Å². The molecule has 25 heavy (non-hydrogen) atoms. The Balaban J connectivity index is 1.51. The van der Waals surface area contributed by atoms with Gasteiger partial charge in [-0.05, 0) is 24.3 Å². The summed E-state index contributed by atoms with van der Waals surface area (Å²) in [6.45, 7) is 0.629. The third-order valence-electron chi connectivity index (χ3n) is 4.11. The smallest absolute Gasteiger partial charge is 0.288 e. The van der Waals surface area contributed by atoms with Crippen molar-refractivity contribution in [3.8, 4) is 0 Å². The highest BCUT2D eigenvalue weighted by molar-refractivity contribution is 8.14. The van der Waals surface area contributed by atoms with Gasteiger partial charge in [0.05, 0.1) is 11.7 Å². The second-order valence-corrected chi connectivity index (χ2v) is 7.14. The summed E-state index contributed by atoms with van der Waals surface area (Å²) in [6, 6.07) is 6.87. The van der Waals surface area contributed by atoms with E-state index < -0.39 is 5.92 Å². The molecule has 2 fully saturated rings. The summed E-state index contributed by atoms with van der Waals surface area (Å²) in [5.41, 5.74) is 0.704. The van der Waals surface area contributed by atoms with E-state index >= 15 is 0 Å². The van der Waals surface area contributed by atoms with Crippen LogP contribution >= 0.6 is 23.4 Å². The van der Waals surface area contributed by atoms with E-state index in [1.807, 2.05) is 0 Å². The van der Waals surface area contributed by atoms with Crippen molar-refractivity contribution in [2.75, 3.05) is 30.3 Å². The Morgan fingerprint density at radius 1 is 1.20 bits per heavy atom. The standard InChI is InChI=1S/C16H16ClN3O4S/c17-11-1-3-12(4-2-11)20-8-10(7-13(20)21)15(23)18-5-6-19-14(22)9-25-16(19)24/h1-4,10H,5-9H2,(H,18,23). The number of nitrogens with zero attached hydrogens (tertiary/aromatic N) is 2. The molecule has 4 amide bonds. The van der Waals surface area contributed by atoms with Crippen molar-refractivity contribution in [3.63, 3.8) is 0 Å². The van der Waals surface area contributed by atoms with Gasteiger partial charge >= 0.3 is 0 Å². The van der Waals surface area contributed by atoms with E-state index in [1.165, 1.54) is 0 Å². The van der Waals surface area contributed by atoms with Crippen molar-refractivity contribution in [1.29, 1.82) is 0 Å². The van der Waals surface area contributed by atoms with Gasteiger partial charge in [0.2, 0.25) is 17.7 Å². The molecule has 1 aromatic carbocycles. The van der Waals surface area contributed by atoms with Crippen LogP contribution in [0.5, 0.6) is 0 Å². The molecule has 2 heterocycles. The van der Waals surface area contributed by atoms with Gasteiger partial charge in [-0.2, -0.15) is 0 Å². The lowest BCUT2D eigenvalue weighted by molar-refractivity contribution is -0.127. The van der Waals surface area contributed by atoms with Gasteiger partial charge in [0.25, 0.3) is 5.24 Å². The fourth-order valence-corrected chi connectivity index (χ4v) is 3.66. The summed E-state index contributed by atoms with van der Waals surface area (Å²) in [6.07, 6.45) is 0.131. The molecule has 0 spiro atoms. The highest BCUT2D eigenvalue weighted by Gasteiger charge is 2.35. The van der Waals surface area contributed by atoms with Gasteiger partial charge in [-0.15, -0.1) is 0 Å². The van der Waals surface area contributed by atoms with E-state index in [4.69, 9.17) is 11.6 Å². The molecule has 1 aromatic rings. The van der Waals surface area contributed by atoms with Crippen molar-refractivity contribution in [2.45, 2.75) is 6.42 Å². The van der Waals surface area contributed by atoms with Crippen LogP contribution in [0.15, 0.2) is 24.3 Å². The first-order valence-corrected chi connectivity index (χ1v) is 9.13. The fraction of sp³-hybridized carbons (Fsp3) is 0.375. The first-order chi connectivity index (χ1) is 12.0. The summed E-state index contributed by atoms with van der Waals surface area (Å²) < 4.78 is 0. The minimum Gasteiger partial charge on any atom is -0.354 e. The molecule has 1 atom stereocenters. The van der Waals surface area contributed by atoms with Crippen LogP contribution in [0, 0.1) is 5.92 Å². The Hall–Kier alpha value is -2.06. The predicted molar refractivity (Wildman–Crippen MR) is 94.5 cm³/mol. The Morgan fingerprint density at radius 3 is 2.56 bits per heavy atom. The predicted octanol–water partition coefficient (Wildman–Crippen LogP) is 1.50. The number of anilines is 1. The molecule has 7 nitrogen and oxygen atoms in total. The number of carbonyl (C=O) groups excluding carboxylic acids is 4. The molecule has 0 aromatic heterocycles. The highest BCUT2D eigenvalue weighted by atomic mass is 35.5. The van der Waals surface area contributed by atoms with Gasteiger partial charge in [0.1, 0.15) is 0 Å².